The van der Waals surface area contributed by atoms with Gasteiger partial charge in [-0.3, -0.25) is 9.20 Å². The van der Waals surface area contributed by atoms with Gasteiger partial charge in [-0.2, -0.15) is 0 Å². The van der Waals surface area contributed by atoms with E-state index in [0.717, 1.165) is 17.2 Å². The molecule has 0 amide bonds. The highest BCUT2D eigenvalue weighted by molar-refractivity contribution is 5.75. The van der Waals surface area contributed by atoms with Gasteiger partial charge in [-0.15, -0.1) is 0 Å². The van der Waals surface area contributed by atoms with E-state index < -0.39 is 0 Å². The van der Waals surface area contributed by atoms with Crippen LogP contribution in [0.3, 0.4) is 0 Å². The summed E-state index contributed by atoms with van der Waals surface area (Å²) in [7, 11) is 0. The fourth-order valence-corrected chi connectivity index (χ4v) is 3.22. The largest absolute Gasteiger partial charge is 0.465 e. The van der Waals surface area contributed by atoms with Crippen LogP contribution in [0.25, 0.3) is 5.65 Å². The lowest BCUT2D eigenvalue weighted by atomic mass is 9.87. The Morgan fingerprint density at radius 2 is 2.18 bits per heavy atom. The van der Waals surface area contributed by atoms with Gasteiger partial charge in [0.05, 0.1) is 12.3 Å². The molecule has 1 aliphatic carbocycles. The zero-order valence-corrected chi connectivity index (χ0v) is 13.0. The van der Waals surface area contributed by atoms with Crippen LogP contribution < -0.4 is 5.32 Å². The minimum atomic E-state index is -0.233. The molecule has 0 aliphatic heterocycles. The van der Waals surface area contributed by atoms with Crippen LogP contribution in [0.2, 0.25) is 0 Å². The fraction of sp³-hybridized carbons (Fsp3) is 0.529. The summed E-state index contributed by atoms with van der Waals surface area (Å²) in [6.07, 6.45) is 8.18. The Kier molecular flexibility index (Phi) is 4.61. The Labute approximate surface area is 130 Å². The van der Waals surface area contributed by atoms with Gasteiger partial charge in [0.1, 0.15) is 18.0 Å². The molecule has 2 heterocycles. The second kappa shape index (κ2) is 6.81. The standard InChI is InChI=1S/C17H23N3O2/c1-2-22-15(21)12-18-17-16(13-8-4-3-5-9-13)19-14-10-6-7-11-20(14)17/h6-7,10-11,13,18H,2-5,8-9,12H2,1H3. The quantitative estimate of drug-likeness (QED) is 0.860. The maximum Gasteiger partial charge on any atom is 0.325 e. The molecule has 2 aromatic rings. The van der Waals surface area contributed by atoms with Crippen molar-refractivity contribution < 1.29 is 9.53 Å². The molecule has 1 saturated carbocycles. The molecular formula is C17H23N3O2. The third-order valence-corrected chi connectivity index (χ3v) is 4.25. The van der Waals surface area contributed by atoms with Gasteiger partial charge in [-0.1, -0.05) is 25.3 Å². The summed E-state index contributed by atoms with van der Waals surface area (Å²) in [5.41, 5.74) is 2.02. The van der Waals surface area contributed by atoms with Gasteiger partial charge in [0, 0.05) is 12.1 Å². The van der Waals surface area contributed by atoms with Crippen LogP contribution in [0.15, 0.2) is 24.4 Å². The van der Waals surface area contributed by atoms with Crippen molar-refractivity contribution in [3.05, 3.63) is 30.1 Å². The van der Waals surface area contributed by atoms with E-state index in [2.05, 4.69) is 5.32 Å². The van der Waals surface area contributed by atoms with Crippen molar-refractivity contribution in [1.29, 1.82) is 0 Å². The smallest absolute Gasteiger partial charge is 0.325 e. The molecule has 5 nitrogen and oxygen atoms in total. The molecule has 5 heteroatoms. The van der Waals surface area contributed by atoms with Crippen molar-refractivity contribution in [2.24, 2.45) is 0 Å². The number of hydrogen-bond donors (Lipinski definition) is 1. The number of rotatable bonds is 5. The number of carbonyl (C=O) groups is 1. The molecular weight excluding hydrogens is 278 g/mol. The maximum atomic E-state index is 11.6. The Hall–Kier alpha value is -2.04. The molecule has 0 radical (unpaired) electrons. The molecule has 1 N–H and O–H groups in total. The molecule has 2 aromatic heterocycles. The normalized spacial score (nSPS) is 15.9. The van der Waals surface area contributed by atoms with Crippen LogP contribution in [-0.2, 0) is 9.53 Å². The number of nitrogens with one attached hydrogen (secondary N) is 1. The Bertz CT molecular complexity index is 644. The third kappa shape index (κ3) is 3.08. The number of ether oxygens (including phenoxy) is 1. The summed E-state index contributed by atoms with van der Waals surface area (Å²) in [6.45, 7) is 2.40. The highest BCUT2D eigenvalue weighted by atomic mass is 16.5. The number of nitrogens with zero attached hydrogens (tertiary/aromatic N) is 2. The summed E-state index contributed by atoms with van der Waals surface area (Å²) in [6, 6.07) is 5.97. The van der Waals surface area contributed by atoms with Gasteiger partial charge < -0.3 is 10.1 Å². The van der Waals surface area contributed by atoms with Crippen molar-refractivity contribution in [3.8, 4) is 0 Å². The average molecular weight is 301 g/mol. The first-order chi connectivity index (χ1) is 10.8. The number of carbonyl (C=O) groups excluding carboxylic acids is 1. The van der Waals surface area contributed by atoms with E-state index in [0.29, 0.717) is 12.5 Å². The molecule has 118 valence electrons. The number of anilines is 1. The molecule has 0 bridgehead atoms. The first-order valence-corrected chi connectivity index (χ1v) is 8.16. The van der Waals surface area contributed by atoms with E-state index in [4.69, 9.17) is 9.72 Å². The lowest BCUT2D eigenvalue weighted by Crippen LogP contribution is -2.19. The summed E-state index contributed by atoms with van der Waals surface area (Å²) in [5, 5.41) is 3.24. The Morgan fingerprint density at radius 3 is 2.95 bits per heavy atom. The molecule has 0 unspecified atom stereocenters. The first-order valence-electron chi connectivity index (χ1n) is 8.16. The number of aromatic nitrogens is 2. The number of esters is 1. The monoisotopic (exact) mass is 301 g/mol. The molecule has 1 fully saturated rings. The van der Waals surface area contributed by atoms with E-state index in [9.17, 15) is 4.79 Å². The summed E-state index contributed by atoms with van der Waals surface area (Å²) in [4.78, 5) is 16.5. The first kappa shape index (κ1) is 14.9. The van der Waals surface area contributed by atoms with Crippen LogP contribution in [0.5, 0.6) is 0 Å². The molecule has 0 spiro atoms. The van der Waals surface area contributed by atoms with E-state index in [-0.39, 0.29) is 12.5 Å². The van der Waals surface area contributed by atoms with Gasteiger partial charge in [0.15, 0.2) is 0 Å². The van der Waals surface area contributed by atoms with Crippen LogP contribution in [0, 0.1) is 0 Å². The molecule has 0 aromatic carbocycles. The van der Waals surface area contributed by atoms with Crippen molar-refractivity contribution >= 4 is 17.4 Å². The molecule has 0 saturated heterocycles. The molecule has 22 heavy (non-hydrogen) atoms. The number of hydrogen-bond acceptors (Lipinski definition) is 4. The topological polar surface area (TPSA) is 55.6 Å². The van der Waals surface area contributed by atoms with E-state index >= 15 is 0 Å². The highest BCUT2D eigenvalue weighted by Crippen LogP contribution is 2.36. The third-order valence-electron chi connectivity index (χ3n) is 4.25. The lowest BCUT2D eigenvalue weighted by Gasteiger charge is -2.21. The maximum absolute atomic E-state index is 11.6. The van der Waals surface area contributed by atoms with Crippen LogP contribution >= 0.6 is 0 Å². The number of pyridine rings is 1. The number of imidazole rings is 1. The van der Waals surface area contributed by atoms with E-state index in [1.807, 2.05) is 35.7 Å². The highest BCUT2D eigenvalue weighted by Gasteiger charge is 2.23. The summed E-state index contributed by atoms with van der Waals surface area (Å²) < 4.78 is 7.04. The Morgan fingerprint density at radius 1 is 1.36 bits per heavy atom. The zero-order chi connectivity index (χ0) is 15.4. The molecule has 1 aliphatic rings. The zero-order valence-electron chi connectivity index (χ0n) is 13.0. The minimum absolute atomic E-state index is 0.177. The SMILES string of the molecule is CCOC(=O)CNc1c(C2CCCCC2)nc2ccccn12. The summed E-state index contributed by atoms with van der Waals surface area (Å²) >= 11 is 0. The molecule has 0 atom stereocenters. The lowest BCUT2D eigenvalue weighted by molar-refractivity contribution is -0.140. The second-order valence-electron chi connectivity index (χ2n) is 5.77. The van der Waals surface area contributed by atoms with Gasteiger partial charge in [-0.05, 0) is 31.9 Å². The van der Waals surface area contributed by atoms with Crippen LogP contribution in [-0.4, -0.2) is 28.5 Å². The Balaban J connectivity index is 1.88. The van der Waals surface area contributed by atoms with Gasteiger partial charge in [0.2, 0.25) is 0 Å². The second-order valence-corrected chi connectivity index (χ2v) is 5.77. The average Bonchev–Trinajstić information content (AvgIpc) is 2.93. The number of fused-ring (bicyclic) bond motifs is 1. The van der Waals surface area contributed by atoms with Crippen LogP contribution in [0.1, 0.15) is 50.6 Å². The van der Waals surface area contributed by atoms with Crippen molar-refractivity contribution in [2.45, 2.75) is 44.9 Å². The van der Waals surface area contributed by atoms with Crippen molar-refractivity contribution in [3.63, 3.8) is 0 Å². The van der Waals surface area contributed by atoms with Crippen LogP contribution in [0.4, 0.5) is 5.82 Å². The van der Waals surface area contributed by atoms with Gasteiger partial charge >= 0.3 is 5.97 Å². The fourth-order valence-electron chi connectivity index (χ4n) is 3.22. The van der Waals surface area contributed by atoms with Gasteiger partial charge in [0.25, 0.3) is 0 Å². The van der Waals surface area contributed by atoms with E-state index in [1.165, 1.54) is 32.1 Å². The molecule has 3 rings (SSSR count). The minimum Gasteiger partial charge on any atom is -0.465 e. The predicted molar refractivity (Wildman–Crippen MR) is 86.1 cm³/mol. The van der Waals surface area contributed by atoms with Gasteiger partial charge in [-0.25, -0.2) is 4.98 Å². The predicted octanol–water partition coefficient (Wildman–Crippen LogP) is 3.36. The summed E-state index contributed by atoms with van der Waals surface area (Å²) in [5.74, 6) is 1.19. The van der Waals surface area contributed by atoms with E-state index in [1.54, 1.807) is 0 Å². The van der Waals surface area contributed by atoms with Crippen molar-refractivity contribution in [2.75, 3.05) is 18.5 Å². The van der Waals surface area contributed by atoms with Crippen molar-refractivity contribution in [1.82, 2.24) is 9.38 Å².